The Morgan fingerprint density at radius 2 is 1.26 bits per heavy atom. The van der Waals surface area contributed by atoms with Gasteiger partial charge < -0.3 is 0 Å². The van der Waals surface area contributed by atoms with E-state index in [0.717, 1.165) is 42.0 Å². The third-order valence-corrected chi connectivity index (χ3v) is 4.71. The molecule has 0 spiro atoms. The molecule has 0 N–H and O–H groups in total. The Balaban J connectivity index is 1.80. The van der Waals surface area contributed by atoms with E-state index in [0.29, 0.717) is 5.56 Å². The smallest absolute Gasteiger partial charge is 0.205 e. The minimum Gasteiger partial charge on any atom is -0.205 e. The Bertz CT molecular complexity index is 1100. The summed E-state index contributed by atoms with van der Waals surface area (Å²) < 4.78 is 64.9. The van der Waals surface area contributed by atoms with E-state index in [-0.39, 0.29) is 5.56 Å². The van der Waals surface area contributed by atoms with Crippen molar-refractivity contribution in [3.8, 4) is 34.1 Å². The molecule has 0 aliphatic heterocycles. The summed E-state index contributed by atoms with van der Waals surface area (Å²) in [6, 6.07) is 17.2. The highest BCUT2D eigenvalue weighted by Crippen LogP contribution is 2.28. The summed E-state index contributed by atoms with van der Waals surface area (Å²) in [5.74, 6) is 0.142. The maximum atomic E-state index is 14.2. The number of halogens is 5. The van der Waals surface area contributed by atoms with Crippen LogP contribution in [-0.2, 0) is 6.42 Å². The molecule has 0 nitrogen and oxygen atoms in total. The normalized spacial score (nSPS) is 11.4. The average molecular weight is 426 g/mol. The summed E-state index contributed by atoms with van der Waals surface area (Å²) in [6.07, 6.45) is 1.27. The lowest BCUT2D eigenvalue weighted by Crippen LogP contribution is -2.02. The van der Waals surface area contributed by atoms with E-state index in [4.69, 9.17) is 0 Å². The minimum absolute atomic E-state index is 0.221. The van der Waals surface area contributed by atoms with E-state index in [1.807, 2.05) is 37.3 Å². The van der Waals surface area contributed by atoms with Gasteiger partial charge in [-0.3, -0.25) is 0 Å². The molecule has 0 bridgehead atoms. The molecule has 0 aliphatic rings. The molecule has 0 unspecified atom stereocenters. The predicted molar refractivity (Wildman–Crippen MR) is 113 cm³/mol. The van der Waals surface area contributed by atoms with Gasteiger partial charge in [-0.05, 0) is 59.7 Å². The lowest BCUT2D eigenvalue weighted by molar-refractivity contribution is -0.0696. The zero-order chi connectivity index (χ0) is 22.4. The number of hydrogen-bond donors (Lipinski definition) is 0. The van der Waals surface area contributed by atoms with Gasteiger partial charge in [0.25, 0.3) is 0 Å². The molecule has 0 amide bonds. The SMILES string of the molecule is CC=CCCc1ccc(-c2ccc(-c3cc(F)c(C#CC(F)(F)F)c(F)c3)cc2)cc1. The fourth-order valence-electron chi connectivity index (χ4n) is 3.13. The van der Waals surface area contributed by atoms with Crippen LogP contribution in [-0.4, -0.2) is 6.18 Å². The van der Waals surface area contributed by atoms with Gasteiger partial charge in [-0.2, -0.15) is 13.2 Å². The summed E-state index contributed by atoms with van der Waals surface area (Å²) in [4.78, 5) is 0. The summed E-state index contributed by atoms with van der Waals surface area (Å²) in [5, 5.41) is 0. The van der Waals surface area contributed by atoms with Crippen LogP contribution in [0.4, 0.5) is 22.0 Å². The highest BCUT2D eigenvalue weighted by atomic mass is 19.4. The Hall–Kier alpha value is -3.39. The van der Waals surface area contributed by atoms with Crippen LogP contribution in [0, 0.1) is 23.5 Å². The molecule has 158 valence electrons. The molecule has 3 aromatic carbocycles. The van der Waals surface area contributed by atoms with Crippen molar-refractivity contribution in [2.75, 3.05) is 0 Å². The molecule has 3 aromatic rings. The Labute approximate surface area is 178 Å². The molecular weight excluding hydrogens is 407 g/mol. The first-order valence-corrected chi connectivity index (χ1v) is 9.66. The molecular formula is C26H19F5. The fraction of sp³-hybridized carbons (Fsp3) is 0.154. The van der Waals surface area contributed by atoms with E-state index in [9.17, 15) is 22.0 Å². The standard InChI is InChI=1S/C26H19F5/c1-2-3-4-5-18-6-8-19(9-7-18)20-10-12-21(13-11-20)22-16-24(27)23(25(28)17-22)14-15-26(29,30)31/h2-3,6-13,16-17H,4-5H2,1H3. The van der Waals surface area contributed by atoms with Gasteiger partial charge in [0.15, 0.2) is 0 Å². The first-order valence-electron chi connectivity index (χ1n) is 9.66. The predicted octanol–water partition coefficient (Wildman–Crippen LogP) is 7.72. The molecule has 0 radical (unpaired) electrons. The van der Waals surface area contributed by atoms with Gasteiger partial charge in [-0.1, -0.05) is 66.6 Å². The van der Waals surface area contributed by atoms with E-state index in [2.05, 4.69) is 18.2 Å². The van der Waals surface area contributed by atoms with Gasteiger partial charge in [0.05, 0.1) is 5.56 Å². The highest BCUT2D eigenvalue weighted by Gasteiger charge is 2.23. The van der Waals surface area contributed by atoms with Crippen molar-refractivity contribution >= 4 is 0 Å². The number of rotatable bonds is 5. The van der Waals surface area contributed by atoms with Crippen LogP contribution >= 0.6 is 0 Å². The quantitative estimate of drug-likeness (QED) is 0.223. The topological polar surface area (TPSA) is 0 Å². The van der Waals surface area contributed by atoms with Crippen LogP contribution in [0.2, 0.25) is 0 Å². The van der Waals surface area contributed by atoms with Gasteiger partial charge in [0, 0.05) is 5.92 Å². The van der Waals surface area contributed by atoms with Gasteiger partial charge in [-0.15, -0.1) is 0 Å². The second kappa shape index (κ2) is 9.61. The molecule has 0 aromatic heterocycles. The second-order valence-corrected chi connectivity index (χ2v) is 6.94. The van der Waals surface area contributed by atoms with Gasteiger partial charge >= 0.3 is 6.18 Å². The van der Waals surface area contributed by atoms with Gasteiger partial charge in [-0.25, -0.2) is 8.78 Å². The number of aryl methyl sites for hydroxylation is 1. The van der Waals surface area contributed by atoms with E-state index < -0.39 is 23.4 Å². The Morgan fingerprint density at radius 1 is 0.774 bits per heavy atom. The number of alkyl halides is 3. The molecule has 0 saturated heterocycles. The van der Waals surface area contributed by atoms with Crippen LogP contribution in [0.1, 0.15) is 24.5 Å². The molecule has 0 fully saturated rings. The molecule has 0 aliphatic carbocycles. The maximum absolute atomic E-state index is 14.2. The number of hydrogen-bond acceptors (Lipinski definition) is 0. The molecule has 0 heterocycles. The van der Waals surface area contributed by atoms with Crippen LogP contribution in [0.25, 0.3) is 22.3 Å². The molecule has 0 saturated carbocycles. The minimum atomic E-state index is -4.82. The van der Waals surface area contributed by atoms with Crippen LogP contribution in [0.15, 0.2) is 72.8 Å². The maximum Gasteiger partial charge on any atom is 0.458 e. The highest BCUT2D eigenvalue weighted by molar-refractivity contribution is 5.71. The summed E-state index contributed by atoms with van der Waals surface area (Å²) in [7, 11) is 0. The van der Waals surface area contributed by atoms with Crippen molar-refractivity contribution in [3.63, 3.8) is 0 Å². The largest absolute Gasteiger partial charge is 0.458 e. The lowest BCUT2D eigenvalue weighted by atomic mass is 9.98. The summed E-state index contributed by atoms with van der Waals surface area (Å²) in [6.45, 7) is 1.99. The van der Waals surface area contributed by atoms with E-state index in [1.54, 1.807) is 12.1 Å². The molecule has 3 rings (SSSR count). The lowest BCUT2D eigenvalue weighted by Gasteiger charge is -2.08. The third kappa shape index (κ3) is 6.05. The Morgan fingerprint density at radius 3 is 1.74 bits per heavy atom. The Kier molecular flexibility index (Phi) is 6.91. The number of benzene rings is 3. The van der Waals surface area contributed by atoms with Gasteiger partial charge in [0.1, 0.15) is 11.6 Å². The second-order valence-electron chi connectivity index (χ2n) is 6.94. The number of allylic oxidation sites excluding steroid dienone is 2. The van der Waals surface area contributed by atoms with Crippen molar-refractivity contribution in [2.45, 2.75) is 25.9 Å². The van der Waals surface area contributed by atoms with Crippen LogP contribution in [0.3, 0.4) is 0 Å². The zero-order valence-corrected chi connectivity index (χ0v) is 16.7. The first kappa shape index (κ1) is 22.3. The monoisotopic (exact) mass is 426 g/mol. The van der Waals surface area contributed by atoms with E-state index in [1.165, 1.54) is 11.5 Å². The summed E-state index contributed by atoms with van der Waals surface area (Å²) >= 11 is 0. The average Bonchev–Trinajstić information content (AvgIpc) is 2.73. The fourth-order valence-corrected chi connectivity index (χ4v) is 3.13. The summed E-state index contributed by atoms with van der Waals surface area (Å²) in [5.41, 5.74) is 3.05. The zero-order valence-electron chi connectivity index (χ0n) is 16.7. The van der Waals surface area contributed by atoms with Crippen molar-refractivity contribution < 1.29 is 22.0 Å². The van der Waals surface area contributed by atoms with Crippen molar-refractivity contribution in [2.24, 2.45) is 0 Å². The third-order valence-electron chi connectivity index (χ3n) is 4.71. The molecule has 31 heavy (non-hydrogen) atoms. The van der Waals surface area contributed by atoms with Gasteiger partial charge in [0.2, 0.25) is 0 Å². The molecule has 0 atom stereocenters. The van der Waals surface area contributed by atoms with Crippen molar-refractivity contribution in [1.82, 2.24) is 0 Å². The first-order chi connectivity index (χ1) is 14.8. The van der Waals surface area contributed by atoms with Crippen molar-refractivity contribution in [1.29, 1.82) is 0 Å². The van der Waals surface area contributed by atoms with Crippen LogP contribution < -0.4 is 0 Å². The van der Waals surface area contributed by atoms with Crippen LogP contribution in [0.5, 0.6) is 0 Å². The van der Waals surface area contributed by atoms with Crippen molar-refractivity contribution in [3.05, 3.63) is 95.6 Å². The van der Waals surface area contributed by atoms with E-state index >= 15 is 0 Å². The molecule has 5 heteroatoms.